The van der Waals surface area contributed by atoms with Gasteiger partial charge in [-0.3, -0.25) is 0 Å². The molecule has 1 fully saturated rings. The zero-order valence-electron chi connectivity index (χ0n) is 10.2. The zero-order chi connectivity index (χ0) is 11.3. The molecule has 0 saturated carbocycles. The molecule has 15 heavy (non-hydrogen) atoms. The summed E-state index contributed by atoms with van der Waals surface area (Å²) in [6, 6.07) is 1.08. The molecule has 2 N–H and O–H groups in total. The minimum atomic E-state index is 0.298. The van der Waals surface area contributed by atoms with Crippen LogP contribution in [0.1, 0.15) is 46.5 Å². The van der Waals surface area contributed by atoms with Crippen molar-refractivity contribution in [2.75, 3.05) is 6.61 Å². The minimum Gasteiger partial charge on any atom is -0.396 e. The van der Waals surface area contributed by atoms with E-state index in [9.17, 15) is 0 Å². The van der Waals surface area contributed by atoms with Crippen molar-refractivity contribution in [3.8, 4) is 0 Å². The van der Waals surface area contributed by atoms with Crippen LogP contribution < -0.4 is 5.32 Å². The SMILES string of the molecule is C[C@@H]1CC(N[C@@H](C)CCCO)C[C@@H](C)O1. The van der Waals surface area contributed by atoms with Gasteiger partial charge in [0.1, 0.15) is 0 Å². The van der Waals surface area contributed by atoms with Gasteiger partial charge in [0, 0.05) is 18.7 Å². The van der Waals surface area contributed by atoms with Crippen LogP contribution in [0.5, 0.6) is 0 Å². The van der Waals surface area contributed by atoms with Crippen molar-refractivity contribution in [3.05, 3.63) is 0 Å². The lowest BCUT2D eigenvalue weighted by atomic mass is 9.98. The monoisotopic (exact) mass is 215 g/mol. The van der Waals surface area contributed by atoms with E-state index in [2.05, 4.69) is 26.1 Å². The Bertz CT molecular complexity index is 165. The van der Waals surface area contributed by atoms with Crippen LogP contribution in [-0.2, 0) is 4.74 Å². The van der Waals surface area contributed by atoms with Crippen molar-refractivity contribution < 1.29 is 9.84 Å². The van der Waals surface area contributed by atoms with Crippen molar-refractivity contribution in [1.82, 2.24) is 5.32 Å². The maximum atomic E-state index is 8.76. The van der Waals surface area contributed by atoms with E-state index in [1.807, 2.05) is 0 Å². The van der Waals surface area contributed by atoms with Gasteiger partial charge in [0.25, 0.3) is 0 Å². The van der Waals surface area contributed by atoms with E-state index in [-0.39, 0.29) is 0 Å². The second-order valence-electron chi connectivity index (χ2n) is 4.86. The molecular weight excluding hydrogens is 190 g/mol. The summed E-state index contributed by atoms with van der Waals surface area (Å²) in [6.07, 6.45) is 4.90. The predicted molar refractivity (Wildman–Crippen MR) is 61.9 cm³/mol. The Kier molecular flexibility index (Phi) is 5.58. The average molecular weight is 215 g/mol. The fourth-order valence-electron chi connectivity index (χ4n) is 2.42. The van der Waals surface area contributed by atoms with Crippen molar-refractivity contribution in [2.24, 2.45) is 0 Å². The van der Waals surface area contributed by atoms with Gasteiger partial charge in [0.2, 0.25) is 0 Å². The summed E-state index contributed by atoms with van der Waals surface area (Å²) in [4.78, 5) is 0. The highest BCUT2D eigenvalue weighted by Gasteiger charge is 2.24. The van der Waals surface area contributed by atoms with Gasteiger partial charge in [0.05, 0.1) is 12.2 Å². The summed E-state index contributed by atoms with van der Waals surface area (Å²) in [6.45, 7) is 6.78. The van der Waals surface area contributed by atoms with E-state index in [1.54, 1.807) is 0 Å². The smallest absolute Gasteiger partial charge is 0.0565 e. The molecule has 0 aliphatic carbocycles. The molecule has 1 rings (SSSR count). The molecular formula is C12H25NO2. The number of nitrogens with one attached hydrogen (secondary N) is 1. The van der Waals surface area contributed by atoms with Crippen molar-refractivity contribution >= 4 is 0 Å². The van der Waals surface area contributed by atoms with Gasteiger partial charge in [-0.15, -0.1) is 0 Å². The predicted octanol–water partition coefficient (Wildman–Crippen LogP) is 1.69. The molecule has 1 saturated heterocycles. The molecule has 1 aliphatic heterocycles. The molecule has 0 bridgehead atoms. The van der Waals surface area contributed by atoms with Crippen molar-refractivity contribution in [1.29, 1.82) is 0 Å². The van der Waals surface area contributed by atoms with Crippen LogP contribution in [-0.4, -0.2) is 36.0 Å². The summed E-state index contributed by atoms with van der Waals surface area (Å²) in [7, 11) is 0. The fourth-order valence-corrected chi connectivity index (χ4v) is 2.42. The van der Waals surface area contributed by atoms with Crippen LogP contribution in [0.4, 0.5) is 0 Å². The summed E-state index contributed by atoms with van der Waals surface area (Å²) >= 11 is 0. The van der Waals surface area contributed by atoms with Crippen molar-refractivity contribution in [2.45, 2.75) is 70.7 Å². The van der Waals surface area contributed by atoms with Gasteiger partial charge < -0.3 is 15.2 Å². The van der Waals surface area contributed by atoms with Crippen LogP contribution in [0.15, 0.2) is 0 Å². The third-order valence-corrected chi connectivity index (χ3v) is 3.01. The normalized spacial score (nSPS) is 34.0. The Morgan fingerprint density at radius 3 is 2.47 bits per heavy atom. The molecule has 0 unspecified atom stereocenters. The lowest BCUT2D eigenvalue weighted by Crippen LogP contribution is -2.44. The number of rotatable bonds is 5. The molecule has 0 aromatic rings. The highest BCUT2D eigenvalue weighted by atomic mass is 16.5. The van der Waals surface area contributed by atoms with Crippen molar-refractivity contribution in [3.63, 3.8) is 0 Å². The van der Waals surface area contributed by atoms with Gasteiger partial charge in [-0.25, -0.2) is 0 Å². The van der Waals surface area contributed by atoms with Gasteiger partial charge in [-0.2, -0.15) is 0 Å². The van der Waals surface area contributed by atoms with E-state index in [0.29, 0.717) is 30.9 Å². The molecule has 0 spiro atoms. The first kappa shape index (κ1) is 12.9. The van der Waals surface area contributed by atoms with Crippen LogP contribution in [0.2, 0.25) is 0 Å². The van der Waals surface area contributed by atoms with Crippen LogP contribution >= 0.6 is 0 Å². The topological polar surface area (TPSA) is 41.5 Å². The number of hydrogen-bond acceptors (Lipinski definition) is 3. The summed E-state index contributed by atoms with van der Waals surface area (Å²) in [5.74, 6) is 0. The highest BCUT2D eigenvalue weighted by molar-refractivity contribution is 4.80. The fraction of sp³-hybridized carbons (Fsp3) is 1.00. The third-order valence-electron chi connectivity index (χ3n) is 3.01. The van der Waals surface area contributed by atoms with E-state index in [4.69, 9.17) is 9.84 Å². The standard InChI is InChI=1S/C12H25NO2/c1-9(5-4-6-14)13-12-7-10(2)15-11(3)8-12/h9-14H,4-8H2,1-3H3/t9-,10+,11+/m0/s1. The Morgan fingerprint density at radius 1 is 1.33 bits per heavy atom. The number of aliphatic hydroxyl groups is 1. The lowest BCUT2D eigenvalue weighted by molar-refractivity contribution is -0.0434. The minimum absolute atomic E-state index is 0.298. The molecule has 0 aromatic carbocycles. The number of ether oxygens (including phenoxy) is 1. The van der Waals surface area contributed by atoms with Gasteiger partial charge >= 0.3 is 0 Å². The van der Waals surface area contributed by atoms with Crippen LogP contribution in [0.25, 0.3) is 0 Å². The Hall–Kier alpha value is -0.120. The molecule has 0 aromatic heterocycles. The first-order valence-corrected chi connectivity index (χ1v) is 6.14. The van der Waals surface area contributed by atoms with Gasteiger partial charge in [0.15, 0.2) is 0 Å². The third kappa shape index (κ3) is 4.96. The first-order valence-electron chi connectivity index (χ1n) is 6.14. The number of hydrogen-bond donors (Lipinski definition) is 2. The van der Waals surface area contributed by atoms with Crippen LogP contribution in [0, 0.1) is 0 Å². The van der Waals surface area contributed by atoms with Gasteiger partial charge in [-0.1, -0.05) is 0 Å². The highest BCUT2D eigenvalue weighted by Crippen LogP contribution is 2.19. The first-order chi connectivity index (χ1) is 7.11. The van der Waals surface area contributed by atoms with E-state index in [1.165, 1.54) is 0 Å². The average Bonchev–Trinajstić information content (AvgIpc) is 2.13. The largest absolute Gasteiger partial charge is 0.396 e. The molecule has 0 radical (unpaired) electrons. The number of aliphatic hydroxyl groups excluding tert-OH is 1. The maximum Gasteiger partial charge on any atom is 0.0565 e. The Morgan fingerprint density at radius 2 is 1.93 bits per heavy atom. The Labute approximate surface area is 93.2 Å². The van der Waals surface area contributed by atoms with E-state index < -0.39 is 0 Å². The second kappa shape index (κ2) is 6.46. The van der Waals surface area contributed by atoms with Gasteiger partial charge in [-0.05, 0) is 46.5 Å². The molecule has 3 heteroatoms. The maximum absolute atomic E-state index is 8.76. The molecule has 3 nitrogen and oxygen atoms in total. The van der Waals surface area contributed by atoms with E-state index in [0.717, 1.165) is 25.7 Å². The quantitative estimate of drug-likeness (QED) is 0.733. The molecule has 3 atom stereocenters. The molecule has 0 amide bonds. The molecule has 1 heterocycles. The molecule has 1 aliphatic rings. The summed E-state index contributed by atoms with van der Waals surface area (Å²) in [5.41, 5.74) is 0. The lowest BCUT2D eigenvalue weighted by Gasteiger charge is -2.34. The Balaban J connectivity index is 2.24. The summed E-state index contributed by atoms with van der Waals surface area (Å²) < 4.78 is 5.70. The summed E-state index contributed by atoms with van der Waals surface area (Å²) in [5, 5.41) is 12.4. The second-order valence-corrected chi connectivity index (χ2v) is 4.86. The zero-order valence-corrected chi connectivity index (χ0v) is 10.2. The van der Waals surface area contributed by atoms with E-state index >= 15 is 0 Å². The van der Waals surface area contributed by atoms with Crippen LogP contribution in [0.3, 0.4) is 0 Å². The molecule has 90 valence electrons.